The van der Waals surface area contributed by atoms with Gasteiger partial charge in [-0.1, -0.05) is 48.0 Å². The van der Waals surface area contributed by atoms with Crippen LogP contribution in [0.4, 0.5) is 5.95 Å². The number of anilines is 1. The number of pyridine rings is 1. The van der Waals surface area contributed by atoms with Gasteiger partial charge in [-0.2, -0.15) is 5.10 Å². The van der Waals surface area contributed by atoms with E-state index >= 15 is 0 Å². The van der Waals surface area contributed by atoms with Gasteiger partial charge in [-0.15, -0.1) is 0 Å². The Kier molecular flexibility index (Phi) is 4.68. The molecule has 1 aliphatic rings. The fourth-order valence-corrected chi connectivity index (χ4v) is 4.80. The molecule has 4 aromatic rings. The SMILES string of the molecule is Nc1nccc(C2CCC(c3c(Cc4ccccc4)nn4c(Cl)cccc34)C2)n1. The predicted octanol–water partition coefficient (Wildman–Crippen LogP) is 5.00. The highest BCUT2D eigenvalue weighted by Crippen LogP contribution is 2.45. The lowest BCUT2D eigenvalue weighted by Crippen LogP contribution is -2.03. The third kappa shape index (κ3) is 3.47. The van der Waals surface area contributed by atoms with Crippen molar-refractivity contribution in [3.63, 3.8) is 0 Å². The van der Waals surface area contributed by atoms with Crippen LogP contribution in [0.2, 0.25) is 5.15 Å². The second-order valence-electron chi connectivity index (χ2n) is 7.71. The van der Waals surface area contributed by atoms with E-state index in [1.54, 1.807) is 6.20 Å². The van der Waals surface area contributed by atoms with Crippen LogP contribution >= 0.6 is 11.6 Å². The first kappa shape index (κ1) is 18.1. The minimum atomic E-state index is 0.346. The summed E-state index contributed by atoms with van der Waals surface area (Å²) < 4.78 is 1.88. The monoisotopic (exact) mass is 403 g/mol. The molecule has 1 aliphatic carbocycles. The van der Waals surface area contributed by atoms with Crippen LogP contribution in [0.5, 0.6) is 0 Å². The minimum absolute atomic E-state index is 0.346. The Balaban J connectivity index is 1.53. The largest absolute Gasteiger partial charge is 0.368 e. The first-order valence-corrected chi connectivity index (χ1v) is 10.3. The zero-order valence-electron chi connectivity index (χ0n) is 16.0. The van der Waals surface area contributed by atoms with Crippen molar-refractivity contribution >= 4 is 23.1 Å². The van der Waals surface area contributed by atoms with Gasteiger partial charge in [0.2, 0.25) is 5.95 Å². The van der Waals surface area contributed by atoms with Crippen molar-refractivity contribution < 1.29 is 0 Å². The molecule has 29 heavy (non-hydrogen) atoms. The van der Waals surface area contributed by atoms with Crippen LogP contribution in [0.25, 0.3) is 5.52 Å². The second-order valence-corrected chi connectivity index (χ2v) is 8.10. The molecule has 146 valence electrons. The van der Waals surface area contributed by atoms with Gasteiger partial charge in [-0.25, -0.2) is 14.5 Å². The van der Waals surface area contributed by atoms with E-state index in [0.717, 1.165) is 42.6 Å². The Morgan fingerprint density at radius 2 is 1.83 bits per heavy atom. The van der Waals surface area contributed by atoms with Gasteiger partial charge in [0.15, 0.2) is 0 Å². The van der Waals surface area contributed by atoms with Crippen LogP contribution in [0.1, 0.15) is 53.6 Å². The van der Waals surface area contributed by atoms with E-state index in [4.69, 9.17) is 22.4 Å². The average molecular weight is 404 g/mol. The molecule has 6 heteroatoms. The Labute approximate surface area is 174 Å². The molecule has 3 heterocycles. The van der Waals surface area contributed by atoms with Crippen LogP contribution in [0.3, 0.4) is 0 Å². The molecule has 5 rings (SSSR count). The number of nitrogen functional groups attached to an aromatic ring is 1. The van der Waals surface area contributed by atoms with Crippen molar-refractivity contribution in [2.24, 2.45) is 0 Å². The van der Waals surface area contributed by atoms with Gasteiger partial charge in [0.1, 0.15) is 5.15 Å². The van der Waals surface area contributed by atoms with Gasteiger partial charge in [0, 0.05) is 29.8 Å². The summed E-state index contributed by atoms with van der Waals surface area (Å²) in [5.41, 5.74) is 11.6. The van der Waals surface area contributed by atoms with Gasteiger partial charge < -0.3 is 5.73 Å². The van der Waals surface area contributed by atoms with E-state index in [2.05, 4.69) is 40.3 Å². The molecule has 0 amide bonds. The summed E-state index contributed by atoms with van der Waals surface area (Å²) in [7, 11) is 0. The molecule has 0 saturated heterocycles. The Morgan fingerprint density at radius 3 is 2.66 bits per heavy atom. The van der Waals surface area contributed by atoms with E-state index in [1.807, 2.05) is 28.8 Å². The number of aromatic nitrogens is 4. The number of hydrogen-bond donors (Lipinski definition) is 1. The molecule has 1 saturated carbocycles. The highest BCUT2D eigenvalue weighted by Gasteiger charge is 2.32. The number of halogens is 1. The van der Waals surface area contributed by atoms with Gasteiger partial charge in [0.05, 0.1) is 11.2 Å². The number of nitrogens with zero attached hydrogens (tertiary/aromatic N) is 4. The summed E-state index contributed by atoms with van der Waals surface area (Å²) in [5.74, 6) is 1.16. The van der Waals surface area contributed by atoms with Crippen molar-refractivity contribution in [3.8, 4) is 0 Å². The fourth-order valence-electron chi connectivity index (χ4n) is 4.60. The van der Waals surface area contributed by atoms with Crippen LogP contribution in [-0.4, -0.2) is 19.6 Å². The molecular formula is C23H22ClN5. The highest BCUT2D eigenvalue weighted by atomic mass is 35.5. The number of benzene rings is 1. The molecule has 1 fully saturated rings. The minimum Gasteiger partial charge on any atom is -0.368 e. The zero-order valence-corrected chi connectivity index (χ0v) is 16.8. The van der Waals surface area contributed by atoms with E-state index in [1.165, 1.54) is 11.1 Å². The van der Waals surface area contributed by atoms with Crippen molar-refractivity contribution in [1.29, 1.82) is 0 Å². The lowest BCUT2D eigenvalue weighted by atomic mass is 9.92. The van der Waals surface area contributed by atoms with Crippen LogP contribution < -0.4 is 5.73 Å². The summed E-state index contributed by atoms with van der Waals surface area (Å²) in [6.07, 6.45) is 5.77. The maximum Gasteiger partial charge on any atom is 0.220 e. The smallest absolute Gasteiger partial charge is 0.220 e. The molecule has 0 bridgehead atoms. The summed E-state index contributed by atoms with van der Waals surface area (Å²) in [5, 5.41) is 5.54. The van der Waals surface area contributed by atoms with Crippen molar-refractivity contribution in [2.75, 3.05) is 5.73 Å². The van der Waals surface area contributed by atoms with Crippen molar-refractivity contribution in [1.82, 2.24) is 19.6 Å². The summed E-state index contributed by atoms with van der Waals surface area (Å²) >= 11 is 6.46. The number of hydrogen-bond acceptors (Lipinski definition) is 4. The first-order valence-electron chi connectivity index (χ1n) is 9.97. The lowest BCUT2D eigenvalue weighted by molar-refractivity contribution is 0.668. The Hall–Kier alpha value is -2.92. The summed E-state index contributed by atoms with van der Waals surface area (Å²) in [6.45, 7) is 0. The molecule has 5 nitrogen and oxygen atoms in total. The zero-order chi connectivity index (χ0) is 19.8. The lowest BCUT2D eigenvalue weighted by Gasteiger charge is -2.13. The normalized spacial score (nSPS) is 19.1. The number of fused-ring (bicyclic) bond motifs is 1. The first-order chi connectivity index (χ1) is 14.2. The van der Waals surface area contributed by atoms with Crippen molar-refractivity contribution in [3.05, 3.63) is 88.5 Å². The van der Waals surface area contributed by atoms with Crippen LogP contribution in [0, 0.1) is 0 Å². The summed E-state index contributed by atoms with van der Waals surface area (Å²) in [4.78, 5) is 8.49. The summed E-state index contributed by atoms with van der Waals surface area (Å²) in [6, 6.07) is 18.5. The number of rotatable bonds is 4. The average Bonchev–Trinajstić information content (AvgIpc) is 3.34. The Bertz CT molecular complexity index is 1150. The van der Waals surface area contributed by atoms with Gasteiger partial charge in [-0.05, 0) is 48.9 Å². The molecule has 0 spiro atoms. The molecule has 0 aliphatic heterocycles. The third-order valence-electron chi connectivity index (χ3n) is 5.90. The standard InChI is InChI=1S/C23H22ClN5/c24-21-8-4-7-20-22(19(28-29(20)21)13-15-5-2-1-3-6-15)17-10-9-16(14-17)18-11-12-26-23(25)27-18/h1-8,11-12,16-17H,9-10,13-14H2,(H2,25,26,27). The molecule has 2 atom stereocenters. The molecule has 0 radical (unpaired) electrons. The van der Waals surface area contributed by atoms with E-state index < -0.39 is 0 Å². The van der Waals surface area contributed by atoms with Gasteiger partial charge in [0.25, 0.3) is 0 Å². The Morgan fingerprint density at radius 1 is 1.00 bits per heavy atom. The predicted molar refractivity (Wildman–Crippen MR) is 115 cm³/mol. The maximum atomic E-state index is 6.46. The highest BCUT2D eigenvalue weighted by molar-refractivity contribution is 6.29. The number of nitrogens with two attached hydrogens (primary N) is 1. The maximum absolute atomic E-state index is 6.46. The van der Waals surface area contributed by atoms with Gasteiger partial charge in [-0.3, -0.25) is 0 Å². The van der Waals surface area contributed by atoms with Crippen LogP contribution in [-0.2, 0) is 6.42 Å². The third-order valence-corrected chi connectivity index (χ3v) is 6.18. The molecule has 3 aromatic heterocycles. The fraction of sp³-hybridized carbons (Fsp3) is 0.261. The second kappa shape index (κ2) is 7.48. The van der Waals surface area contributed by atoms with E-state index in [9.17, 15) is 0 Å². The van der Waals surface area contributed by atoms with Gasteiger partial charge >= 0.3 is 0 Å². The molecule has 2 N–H and O–H groups in total. The van der Waals surface area contributed by atoms with Crippen molar-refractivity contribution in [2.45, 2.75) is 37.5 Å². The molecular weight excluding hydrogens is 382 g/mol. The quantitative estimate of drug-likeness (QED) is 0.486. The molecule has 2 unspecified atom stereocenters. The van der Waals surface area contributed by atoms with Crippen LogP contribution in [0.15, 0.2) is 60.8 Å². The molecule has 1 aromatic carbocycles. The van der Waals surface area contributed by atoms with E-state index in [0.29, 0.717) is 22.9 Å². The van der Waals surface area contributed by atoms with E-state index in [-0.39, 0.29) is 0 Å². The topological polar surface area (TPSA) is 69.1 Å².